The van der Waals surface area contributed by atoms with E-state index in [-0.39, 0.29) is 12.3 Å². The lowest BCUT2D eigenvalue weighted by Crippen LogP contribution is -2.15. The summed E-state index contributed by atoms with van der Waals surface area (Å²) >= 11 is 11.9. The lowest BCUT2D eigenvalue weighted by atomic mass is 10.1. The number of amides is 1. The predicted molar refractivity (Wildman–Crippen MR) is 81.8 cm³/mol. The fraction of sp³-hybridized carbons (Fsp3) is 0.133. The van der Waals surface area contributed by atoms with Crippen molar-refractivity contribution >= 4 is 34.8 Å². The molecule has 2 aromatic carbocycles. The first-order valence-electron chi connectivity index (χ1n) is 5.97. The van der Waals surface area contributed by atoms with E-state index >= 15 is 0 Å². The molecule has 5 heteroatoms. The predicted octanol–water partition coefficient (Wildman–Crippen LogP) is 4.18. The third-order valence-corrected chi connectivity index (χ3v) is 3.59. The summed E-state index contributed by atoms with van der Waals surface area (Å²) in [5, 5.41) is 3.48. The van der Waals surface area contributed by atoms with Gasteiger partial charge in [-0.1, -0.05) is 47.5 Å². The second-order valence-electron chi connectivity index (χ2n) is 4.14. The highest BCUT2D eigenvalue weighted by molar-refractivity contribution is 6.43. The zero-order valence-corrected chi connectivity index (χ0v) is 12.3. The minimum Gasteiger partial charge on any atom is -0.496 e. The van der Waals surface area contributed by atoms with Crippen molar-refractivity contribution in [2.24, 2.45) is 0 Å². The SMILES string of the molecule is COc1ccccc1CC(=O)Nc1cccc(Cl)c1Cl. The van der Waals surface area contributed by atoms with E-state index < -0.39 is 0 Å². The second kappa shape index (κ2) is 6.64. The average Bonchev–Trinajstić information content (AvgIpc) is 2.44. The number of anilines is 1. The van der Waals surface area contributed by atoms with Gasteiger partial charge in [0.05, 0.1) is 29.3 Å². The highest BCUT2D eigenvalue weighted by atomic mass is 35.5. The summed E-state index contributed by atoms with van der Waals surface area (Å²) < 4.78 is 5.21. The maximum atomic E-state index is 12.0. The van der Waals surface area contributed by atoms with Gasteiger partial charge < -0.3 is 10.1 Å². The van der Waals surface area contributed by atoms with Crippen molar-refractivity contribution in [2.45, 2.75) is 6.42 Å². The molecule has 1 N–H and O–H groups in total. The molecule has 0 radical (unpaired) electrons. The Balaban J connectivity index is 2.11. The van der Waals surface area contributed by atoms with Crippen LogP contribution in [0.3, 0.4) is 0 Å². The molecule has 2 aromatic rings. The molecule has 0 saturated carbocycles. The Morgan fingerprint density at radius 3 is 2.65 bits per heavy atom. The number of ether oxygens (including phenoxy) is 1. The Hall–Kier alpha value is -1.71. The van der Waals surface area contributed by atoms with Crippen molar-refractivity contribution in [3.8, 4) is 5.75 Å². The van der Waals surface area contributed by atoms with E-state index in [0.717, 1.165) is 5.56 Å². The van der Waals surface area contributed by atoms with Gasteiger partial charge in [-0.15, -0.1) is 0 Å². The van der Waals surface area contributed by atoms with Crippen LogP contribution in [0.2, 0.25) is 10.0 Å². The molecule has 20 heavy (non-hydrogen) atoms. The Bertz CT molecular complexity index is 629. The van der Waals surface area contributed by atoms with E-state index in [1.165, 1.54) is 0 Å². The molecule has 0 aliphatic carbocycles. The first kappa shape index (κ1) is 14.7. The first-order chi connectivity index (χ1) is 9.61. The van der Waals surface area contributed by atoms with E-state index in [2.05, 4.69) is 5.32 Å². The lowest BCUT2D eigenvalue weighted by molar-refractivity contribution is -0.115. The largest absolute Gasteiger partial charge is 0.496 e. The normalized spacial score (nSPS) is 10.2. The number of hydrogen-bond acceptors (Lipinski definition) is 2. The van der Waals surface area contributed by atoms with Crippen molar-refractivity contribution in [3.05, 3.63) is 58.1 Å². The van der Waals surface area contributed by atoms with Crippen LogP contribution in [-0.2, 0) is 11.2 Å². The summed E-state index contributed by atoms with van der Waals surface area (Å²) in [5.74, 6) is 0.499. The zero-order chi connectivity index (χ0) is 14.5. The third kappa shape index (κ3) is 3.44. The molecular weight excluding hydrogens is 297 g/mol. The molecule has 0 saturated heterocycles. The minimum absolute atomic E-state index is 0.182. The van der Waals surface area contributed by atoms with Gasteiger partial charge in [0.1, 0.15) is 5.75 Å². The molecule has 0 unspecified atom stereocenters. The van der Waals surface area contributed by atoms with Crippen LogP contribution in [0.5, 0.6) is 5.75 Å². The molecule has 0 aliphatic heterocycles. The van der Waals surface area contributed by atoms with E-state index in [9.17, 15) is 4.79 Å². The number of hydrogen-bond donors (Lipinski definition) is 1. The van der Waals surface area contributed by atoms with Crippen molar-refractivity contribution in [1.29, 1.82) is 0 Å². The number of para-hydroxylation sites is 1. The van der Waals surface area contributed by atoms with E-state index in [0.29, 0.717) is 21.5 Å². The van der Waals surface area contributed by atoms with Gasteiger partial charge >= 0.3 is 0 Å². The third-order valence-electron chi connectivity index (χ3n) is 2.77. The van der Waals surface area contributed by atoms with Gasteiger partial charge in [0.15, 0.2) is 0 Å². The topological polar surface area (TPSA) is 38.3 Å². The highest BCUT2D eigenvalue weighted by Gasteiger charge is 2.11. The van der Waals surface area contributed by atoms with Gasteiger partial charge in [-0.2, -0.15) is 0 Å². The van der Waals surface area contributed by atoms with Crippen LogP contribution in [0, 0.1) is 0 Å². The summed E-state index contributed by atoms with van der Waals surface area (Å²) in [6, 6.07) is 12.5. The minimum atomic E-state index is -0.182. The molecule has 0 atom stereocenters. The molecule has 104 valence electrons. The Morgan fingerprint density at radius 1 is 1.15 bits per heavy atom. The van der Waals surface area contributed by atoms with Crippen LogP contribution in [0.25, 0.3) is 0 Å². The number of rotatable bonds is 4. The highest BCUT2D eigenvalue weighted by Crippen LogP contribution is 2.29. The fourth-order valence-corrected chi connectivity index (χ4v) is 2.16. The van der Waals surface area contributed by atoms with E-state index in [1.54, 1.807) is 25.3 Å². The second-order valence-corrected chi connectivity index (χ2v) is 4.92. The van der Waals surface area contributed by atoms with Crippen LogP contribution < -0.4 is 10.1 Å². The van der Waals surface area contributed by atoms with Crippen molar-refractivity contribution in [3.63, 3.8) is 0 Å². The quantitative estimate of drug-likeness (QED) is 0.920. The molecule has 0 bridgehead atoms. The van der Waals surface area contributed by atoms with Crippen LogP contribution in [0.15, 0.2) is 42.5 Å². The number of nitrogens with one attached hydrogen (secondary N) is 1. The summed E-state index contributed by atoms with van der Waals surface area (Å²) in [6.07, 6.45) is 0.201. The zero-order valence-electron chi connectivity index (χ0n) is 10.8. The number of carbonyl (C=O) groups excluding carboxylic acids is 1. The standard InChI is InChI=1S/C15H13Cl2NO2/c1-20-13-8-3-2-5-10(13)9-14(19)18-12-7-4-6-11(16)15(12)17/h2-8H,9H2,1H3,(H,18,19). The maximum absolute atomic E-state index is 12.0. The van der Waals surface area contributed by atoms with Crippen molar-refractivity contribution in [2.75, 3.05) is 12.4 Å². The van der Waals surface area contributed by atoms with Gasteiger partial charge in [0.25, 0.3) is 0 Å². The van der Waals surface area contributed by atoms with Crippen LogP contribution in [0.1, 0.15) is 5.56 Å². The first-order valence-corrected chi connectivity index (χ1v) is 6.73. The number of carbonyl (C=O) groups is 1. The van der Waals surface area contributed by atoms with E-state index in [4.69, 9.17) is 27.9 Å². The summed E-state index contributed by atoms with van der Waals surface area (Å²) in [5.41, 5.74) is 1.31. The van der Waals surface area contributed by atoms with Gasteiger partial charge in [0.2, 0.25) is 5.91 Å². The molecule has 3 nitrogen and oxygen atoms in total. The van der Waals surface area contributed by atoms with Gasteiger partial charge in [-0.25, -0.2) is 0 Å². The van der Waals surface area contributed by atoms with Crippen molar-refractivity contribution in [1.82, 2.24) is 0 Å². The fourth-order valence-electron chi connectivity index (χ4n) is 1.82. The molecular formula is C15H13Cl2NO2. The Morgan fingerprint density at radius 2 is 1.90 bits per heavy atom. The molecule has 2 rings (SSSR count). The molecule has 0 spiro atoms. The van der Waals surface area contributed by atoms with Gasteiger partial charge in [-0.05, 0) is 18.2 Å². The molecule has 0 fully saturated rings. The van der Waals surface area contributed by atoms with Crippen LogP contribution >= 0.6 is 23.2 Å². The lowest BCUT2D eigenvalue weighted by Gasteiger charge is -2.10. The smallest absolute Gasteiger partial charge is 0.228 e. The summed E-state index contributed by atoms with van der Waals surface area (Å²) in [6.45, 7) is 0. The maximum Gasteiger partial charge on any atom is 0.228 e. The monoisotopic (exact) mass is 309 g/mol. The van der Waals surface area contributed by atoms with Crippen LogP contribution in [0.4, 0.5) is 5.69 Å². The molecule has 0 heterocycles. The molecule has 1 amide bonds. The Kier molecular flexibility index (Phi) is 4.88. The van der Waals surface area contributed by atoms with Crippen molar-refractivity contribution < 1.29 is 9.53 Å². The molecule has 0 aliphatic rings. The number of halogens is 2. The summed E-state index contributed by atoms with van der Waals surface area (Å²) in [4.78, 5) is 12.0. The number of methoxy groups -OCH3 is 1. The van der Waals surface area contributed by atoms with Gasteiger partial charge in [-0.3, -0.25) is 4.79 Å². The average molecular weight is 310 g/mol. The van der Waals surface area contributed by atoms with Crippen LogP contribution in [-0.4, -0.2) is 13.0 Å². The van der Waals surface area contributed by atoms with Gasteiger partial charge in [0, 0.05) is 5.56 Å². The summed E-state index contributed by atoms with van der Waals surface area (Å²) in [7, 11) is 1.57. The number of benzene rings is 2. The Labute approximate surface area is 127 Å². The molecule has 0 aromatic heterocycles. The van der Waals surface area contributed by atoms with E-state index in [1.807, 2.05) is 24.3 Å².